The van der Waals surface area contributed by atoms with Crippen LogP contribution in [-0.4, -0.2) is 26.2 Å². The Labute approximate surface area is 165 Å². The van der Waals surface area contributed by atoms with Gasteiger partial charge in [-0.25, -0.2) is 4.98 Å². The summed E-state index contributed by atoms with van der Waals surface area (Å²) < 4.78 is 5.32. The van der Waals surface area contributed by atoms with E-state index in [2.05, 4.69) is 25.7 Å². The first-order valence-electron chi connectivity index (χ1n) is 8.57. The molecule has 0 saturated carbocycles. The van der Waals surface area contributed by atoms with Gasteiger partial charge in [0.15, 0.2) is 17.3 Å². The van der Waals surface area contributed by atoms with Gasteiger partial charge in [0.1, 0.15) is 11.9 Å². The van der Waals surface area contributed by atoms with Gasteiger partial charge in [-0.15, -0.1) is 0 Å². The lowest BCUT2D eigenvalue weighted by atomic mass is 10.1. The number of benzene rings is 2. The first kappa shape index (κ1) is 17.9. The summed E-state index contributed by atoms with van der Waals surface area (Å²) in [6.45, 7) is 1.80. The Morgan fingerprint density at radius 2 is 1.96 bits per heavy atom. The molecule has 1 amide bonds. The van der Waals surface area contributed by atoms with Crippen molar-refractivity contribution in [3.63, 3.8) is 0 Å². The topological polar surface area (TPSA) is 96.7 Å². The molecule has 0 spiro atoms. The molecule has 0 aliphatic heterocycles. The van der Waals surface area contributed by atoms with Crippen LogP contribution in [0.1, 0.15) is 33.7 Å². The van der Waals surface area contributed by atoms with Gasteiger partial charge < -0.3 is 9.84 Å². The minimum absolute atomic E-state index is 0.156. The number of H-pyrrole nitrogens is 1. The maximum atomic E-state index is 12.8. The number of aromatic nitrogens is 4. The quantitative estimate of drug-likeness (QED) is 0.535. The number of carbonyl (C=O) groups excluding carboxylic acids is 1. The fourth-order valence-corrected chi connectivity index (χ4v) is 2.99. The monoisotopic (exact) mass is 393 g/mol. The normalized spacial score (nSPS) is 11.9. The second-order valence-corrected chi connectivity index (χ2v) is 6.62. The Balaban J connectivity index is 1.60. The molecule has 7 nitrogen and oxygen atoms in total. The molecule has 8 heteroatoms. The predicted octanol–water partition coefficient (Wildman–Crippen LogP) is 3.94. The molecule has 140 valence electrons. The van der Waals surface area contributed by atoms with Gasteiger partial charge in [-0.3, -0.25) is 9.89 Å². The van der Waals surface area contributed by atoms with Crippen molar-refractivity contribution in [3.8, 4) is 11.3 Å². The molecule has 2 N–H and O–H groups in total. The molecule has 0 saturated heterocycles. The van der Waals surface area contributed by atoms with Crippen LogP contribution in [0.25, 0.3) is 11.3 Å². The zero-order valence-electron chi connectivity index (χ0n) is 14.9. The third kappa shape index (κ3) is 3.79. The molecule has 0 fully saturated rings. The lowest BCUT2D eigenvalue weighted by Gasteiger charge is -2.15. The molecule has 2 heterocycles. The van der Waals surface area contributed by atoms with Crippen molar-refractivity contribution >= 4 is 17.5 Å². The first-order chi connectivity index (χ1) is 13.6. The van der Waals surface area contributed by atoms with Crippen molar-refractivity contribution in [3.05, 3.63) is 88.6 Å². The highest BCUT2D eigenvalue weighted by molar-refractivity contribution is 6.30. The van der Waals surface area contributed by atoms with Gasteiger partial charge in [0.2, 0.25) is 0 Å². The second-order valence-electron chi connectivity index (χ2n) is 6.18. The second kappa shape index (κ2) is 7.66. The highest BCUT2D eigenvalue weighted by Gasteiger charge is 2.23. The Morgan fingerprint density at radius 1 is 1.14 bits per heavy atom. The van der Waals surface area contributed by atoms with E-state index >= 15 is 0 Å². The van der Waals surface area contributed by atoms with Crippen molar-refractivity contribution in [2.24, 2.45) is 0 Å². The summed E-state index contributed by atoms with van der Waals surface area (Å²) in [4.78, 5) is 17.2. The average Bonchev–Trinajstić information content (AvgIpc) is 3.36. The van der Waals surface area contributed by atoms with Gasteiger partial charge in [-0.05, 0) is 24.6 Å². The number of hydrogen-bond acceptors (Lipinski definition) is 5. The molecule has 4 rings (SSSR count). The summed E-state index contributed by atoms with van der Waals surface area (Å²) in [5.74, 6) is 1.19. The van der Waals surface area contributed by atoms with E-state index in [4.69, 9.17) is 16.1 Å². The van der Waals surface area contributed by atoms with Crippen LogP contribution in [0, 0.1) is 6.92 Å². The van der Waals surface area contributed by atoms with Crippen molar-refractivity contribution in [2.75, 3.05) is 0 Å². The van der Waals surface area contributed by atoms with Crippen LogP contribution in [0.2, 0.25) is 5.02 Å². The van der Waals surface area contributed by atoms with E-state index < -0.39 is 11.9 Å². The predicted molar refractivity (Wildman–Crippen MR) is 104 cm³/mol. The molecule has 0 radical (unpaired) electrons. The van der Waals surface area contributed by atoms with E-state index in [1.165, 1.54) is 0 Å². The Kier molecular flexibility index (Phi) is 4.90. The van der Waals surface area contributed by atoms with Gasteiger partial charge in [0, 0.05) is 16.7 Å². The van der Waals surface area contributed by atoms with Gasteiger partial charge >= 0.3 is 0 Å². The van der Waals surface area contributed by atoms with Crippen molar-refractivity contribution in [2.45, 2.75) is 13.0 Å². The van der Waals surface area contributed by atoms with Crippen LogP contribution >= 0.6 is 11.6 Å². The van der Waals surface area contributed by atoms with Crippen LogP contribution in [0.5, 0.6) is 0 Å². The number of aromatic amines is 1. The Hall–Kier alpha value is -3.45. The van der Waals surface area contributed by atoms with Gasteiger partial charge in [-0.1, -0.05) is 59.2 Å². The summed E-state index contributed by atoms with van der Waals surface area (Å²) in [6, 6.07) is 17.7. The van der Waals surface area contributed by atoms with Crippen LogP contribution in [0.3, 0.4) is 0 Å². The standard InChI is InChI=1S/C20H16ClN5O2/c1-12-22-19(25-24-12)18(13-6-3-2-4-7-13)23-20(27)16-11-17(28-26-16)14-8-5-9-15(21)10-14/h2-11,18H,1H3,(H,23,27)(H,22,24,25). The fourth-order valence-electron chi connectivity index (χ4n) is 2.80. The van der Waals surface area contributed by atoms with Gasteiger partial charge in [0.05, 0.1) is 0 Å². The first-order valence-corrected chi connectivity index (χ1v) is 8.95. The molecule has 1 atom stereocenters. The SMILES string of the molecule is Cc1nc(C(NC(=O)c2cc(-c3cccc(Cl)c3)on2)c2ccccc2)n[nH]1. The highest BCUT2D eigenvalue weighted by atomic mass is 35.5. The number of amides is 1. The van der Waals surface area contributed by atoms with Crippen LogP contribution < -0.4 is 5.32 Å². The molecular formula is C20H16ClN5O2. The maximum Gasteiger partial charge on any atom is 0.274 e. The van der Waals surface area contributed by atoms with Crippen molar-refractivity contribution < 1.29 is 9.32 Å². The van der Waals surface area contributed by atoms with Gasteiger partial charge in [-0.2, -0.15) is 5.10 Å². The lowest BCUT2D eigenvalue weighted by Crippen LogP contribution is -2.30. The summed E-state index contributed by atoms with van der Waals surface area (Å²) in [5, 5.41) is 14.4. The number of aryl methyl sites for hydroxylation is 1. The van der Waals surface area contributed by atoms with E-state index in [1.807, 2.05) is 36.4 Å². The molecular weight excluding hydrogens is 378 g/mol. The van der Waals surface area contributed by atoms with E-state index in [0.29, 0.717) is 22.4 Å². The van der Waals surface area contributed by atoms with E-state index in [1.54, 1.807) is 31.2 Å². The third-order valence-electron chi connectivity index (χ3n) is 4.13. The number of halogens is 1. The molecule has 0 bridgehead atoms. The Morgan fingerprint density at radius 3 is 2.68 bits per heavy atom. The third-order valence-corrected chi connectivity index (χ3v) is 4.37. The zero-order chi connectivity index (χ0) is 19.5. The van der Waals surface area contributed by atoms with Gasteiger partial charge in [0.25, 0.3) is 5.91 Å². The van der Waals surface area contributed by atoms with Crippen LogP contribution in [0.15, 0.2) is 65.2 Å². The van der Waals surface area contributed by atoms with Crippen molar-refractivity contribution in [1.82, 2.24) is 25.7 Å². The number of carbonyl (C=O) groups is 1. The molecule has 4 aromatic rings. The highest BCUT2D eigenvalue weighted by Crippen LogP contribution is 2.24. The molecule has 28 heavy (non-hydrogen) atoms. The number of nitrogens with zero attached hydrogens (tertiary/aromatic N) is 3. The number of hydrogen-bond donors (Lipinski definition) is 2. The summed E-state index contributed by atoms with van der Waals surface area (Å²) in [7, 11) is 0. The van der Waals surface area contributed by atoms with E-state index in [-0.39, 0.29) is 5.69 Å². The van der Waals surface area contributed by atoms with Crippen molar-refractivity contribution in [1.29, 1.82) is 0 Å². The summed E-state index contributed by atoms with van der Waals surface area (Å²) in [5.41, 5.74) is 1.75. The molecule has 2 aromatic heterocycles. The smallest absolute Gasteiger partial charge is 0.274 e. The lowest BCUT2D eigenvalue weighted by molar-refractivity contribution is 0.0932. The summed E-state index contributed by atoms with van der Waals surface area (Å²) >= 11 is 6.01. The number of nitrogens with one attached hydrogen (secondary N) is 2. The van der Waals surface area contributed by atoms with Crippen LogP contribution in [-0.2, 0) is 0 Å². The maximum absolute atomic E-state index is 12.8. The van der Waals surface area contributed by atoms with E-state index in [0.717, 1.165) is 11.1 Å². The fraction of sp³-hybridized carbons (Fsp3) is 0.100. The molecule has 1 unspecified atom stereocenters. The largest absolute Gasteiger partial charge is 0.355 e. The summed E-state index contributed by atoms with van der Waals surface area (Å²) in [6.07, 6.45) is 0. The minimum Gasteiger partial charge on any atom is -0.355 e. The number of rotatable bonds is 5. The molecule has 0 aliphatic carbocycles. The van der Waals surface area contributed by atoms with Crippen LogP contribution in [0.4, 0.5) is 0 Å². The minimum atomic E-state index is -0.523. The zero-order valence-corrected chi connectivity index (χ0v) is 15.6. The molecule has 0 aliphatic rings. The molecule has 2 aromatic carbocycles. The Bertz CT molecular complexity index is 1110. The average molecular weight is 394 g/mol. The van der Waals surface area contributed by atoms with E-state index in [9.17, 15) is 4.79 Å².